The van der Waals surface area contributed by atoms with Gasteiger partial charge in [0, 0.05) is 28.2 Å². The molecule has 10 nitrogen and oxygen atoms in total. The Hall–Kier alpha value is -2.19. The molecule has 0 spiro atoms. The Morgan fingerprint density at radius 1 is 0.774 bits per heavy atom. The Morgan fingerprint density at radius 2 is 1.29 bits per heavy atom. The first kappa shape index (κ1) is 25.1. The van der Waals surface area contributed by atoms with Crippen LogP contribution in [0.1, 0.15) is 6.92 Å². The van der Waals surface area contributed by atoms with Crippen LogP contribution < -0.4 is 9.46 Å². The summed E-state index contributed by atoms with van der Waals surface area (Å²) in [6.07, 6.45) is 0. The highest BCUT2D eigenvalue weighted by Crippen LogP contribution is 2.30. The molecule has 0 unspecified atom stereocenters. The number of rotatable bonds is 9. The minimum atomic E-state index is -4.11. The molecule has 172 valence electrons. The normalized spacial score (nSPS) is 12.9. The minimum Gasteiger partial charge on any atom is -0.492 e. The molecule has 0 heterocycles. The molecule has 2 rings (SSSR count). The summed E-state index contributed by atoms with van der Waals surface area (Å²) in [5.41, 5.74) is 0.00821. The van der Waals surface area contributed by atoms with E-state index in [9.17, 15) is 25.3 Å². The van der Waals surface area contributed by atoms with Gasteiger partial charge in [-0.15, -0.1) is 0 Å². The molecule has 0 amide bonds. The van der Waals surface area contributed by atoms with Gasteiger partial charge in [-0.05, 0) is 49.4 Å². The first-order valence-electron chi connectivity index (χ1n) is 8.98. The molecule has 2 aromatic rings. The molecular weight excluding hydrogens is 466 g/mol. The first-order valence-corrected chi connectivity index (χ1v) is 13.3. The number of sulfonamides is 3. The number of anilines is 1. The van der Waals surface area contributed by atoms with E-state index in [1.54, 1.807) is 6.92 Å². The monoisotopic (exact) mass is 491 g/mol. The van der Waals surface area contributed by atoms with Crippen molar-refractivity contribution in [2.24, 2.45) is 0 Å². The van der Waals surface area contributed by atoms with Crippen LogP contribution in [0.15, 0.2) is 57.2 Å². The number of benzene rings is 2. The second-order valence-corrected chi connectivity index (χ2v) is 12.7. The van der Waals surface area contributed by atoms with Crippen LogP contribution in [0.4, 0.5) is 5.69 Å². The van der Waals surface area contributed by atoms with Gasteiger partial charge in [0.1, 0.15) is 10.6 Å². The van der Waals surface area contributed by atoms with E-state index in [0.29, 0.717) is 0 Å². The van der Waals surface area contributed by atoms with Crippen molar-refractivity contribution in [1.29, 1.82) is 0 Å². The summed E-state index contributed by atoms with van der Waals surface area (Å²) < 4.78 is 84.7. The second kappa shape index (κ2) is 9.12. The van der Waals surface area contributed by atoms with Gasteiger partial charge >= 0.3 is 0 Å². The Kier molecular flexibility index (Phi) is 7.38. The van der Waals surface area contributed by atoms with Gasteiger partial charge in [-0.3, -0.25) is 4.72 Å². The molecule has 0 atom stereocenters. The Balaban J connectivity index is 2.43. The van der Waals surface area contributed by atoms with E-state index in [1.165, 1.54) is 58.5 Å². The Labute approximate surface area is 183 Å². The Morgan fingerprint density at radius 3 is 1.77 bits per heavy atom. The summed E-state index contributed by atoms with van der Waals surface area (Å²) in [6.45, 7) is 1.92. The van der Waals surface area contributed by atoms with Crippen molar-refractivity contribution in [2.45, 2.75) is 21.6 Å². The zero-order valence-corrected chi connectivity index (χ0v) is 20.2. The van der Waals surface area contributed by atoms with Gasteiger partial charge in [-0.1, -0.05) is 0 Å². The molecule has 31 heavy (non-hydrogen) atoms. The summed E-state index contributed by atoms with van der Waals surface area (Å²) in [6, 6.07) is 8.60. The van der Waals surface area contributed by atoms with Gasteiger partial charge in [-0.2, -0.15) is 0 Å². The minimum absolute atomic E-state index is 0.00821. The maximum absolute atomic E-state index is 12.7. The van der Waals surface area contributed by atoms with Crippen LogP contribution >= 0.6 is 0 Å². The van der Waals surface area contributed by atoms with Crippen molar-refractivity contribution in [3.8, 4) is 5.75 Å². The lowest BCUT2D eigenvalue weighted by atomic mass is 10.3. The van der Waals surface area contributed by atoms with E-state index >= 15 is 0 Å². The predicted molar refractivity (Wildman–Crippen MR) is 117 cm³/mol. The van der Waals surface area contributed by atoms with Crippen LogP contribution in [-0.2, 0) is 30.1 Å². The average Bonchev–Trinajstić information content (AvgIpc) is 2.68. The van der Waals surface area contributed by atoms with Crippen LogP contribution in [0, 0.1) is 0 Å². The van der Waals surface area contributed by atoms with Gasteiger partial charge in [0.15, 0.2) is 0 Å². The smallest absolute Gasteiger partial charge is 0.261 e. The number of hydrogen-bond acceptors (Lipinski definition) is 7. The maximum Gasteiger partial charge on any atom is 0.261 e. The molecule has 0 aliphatic heterocycles. The van der Waals surface area contributed by atoms with E-state index in [2.05, 4.69) is 4.72 Å². The third-order valence-electron chi connectivity index (χ3n) is 4.17. The quantitative estimate of drug-likeness (QED) is 0.561. The standard InChI is InChI=1S/C18H25N3O7S3/c1-6-28-17-12-7-14(13-18(17)31(26,27)21(4)5)19-29(22,23)15-8-10-16(11-9-15)30(24,25)20(2)3/h7-13,19H,6H2,1-5H3. The molecule has 0 aliphatic carbocycles. The largest absolute Gasteiger partial charge is 0.492 e. The highest BCUT2D eigenvalue weighted by atomic mass is 32.2. The van der Waals surface area contributed by atoms with Crippen molar-refractivity contribution in [3.05, 3.63) is 42.5 Å². The molecule has 0 aliphatic rings. The fraction of sp³-hybridized carbons (Fsp3) is 0.333. The third kappa shape index (κ3) is 5.36. The fourth-order valence-corrected chi connectivity index (χ4v) is 5.46. The highest BCUT2D eigenvalue weighted by Gasteiger charge is 2.25. The van der Waals surface area contributed by atoms with E-state index in [-0.39, 0.29) is 32.7 Å². The topological polar surface area (TPSA) is 130 Å². The molecule has 13 heteroatoms. The molecule has 0 bridgehead atoms. The van der Waals surface area contributed by atoms with Crippen molar-refractivity contribution in [2.75, 3.05) is 39.5 Å². The molecule has 0 aromatic heterocycles. The van der Waals surface area contributed by atoms with Gasteiger partial charge < -0.3 is 4.74 Å². The highest BCUT2D eigenvalue weighted by molar-refractivity contribution is 7.92. The summed E-state index contributed by atoms with van der Waals surface area (Å²) >= 11 is 0. The van der Waals surface area contributed by atoms with Gasteiger partial charge in [0.05, 0.1) is 22.1 Å². The van der Waals surface area contributed by atoms with Crippen LogP contribution in [-0.4, -0.2) is 68.7 Å². The van der Waals surface area contributed by atoms with Gasteiger partial charge in [0.25, 0.3) is 10.0 Å². The molecule has 1 N–H and O–H groups in total. The number of hydrogen-bond donors (Lipinski definition) is 1. The lowest BCUT2D eigenvalue weighted by molar-refractivity contribution is 0.330. The van der Waals surface area contributed by atoms with E-state index in [0.717, 1.165) is 20.7 Å². The zero-order chi connectivity index (χ0) is 23.6. The molecule has 0 saturated heterocycles. The average molecular weight is 492 g/mol. The summed E-state index contributed by atoms with van der Waals surface area (Å²) in [5, 5.41) is 0. The molecule has 0 fully saturated rings. The molecule has 0 radical (unpaired) electrons. The van der Waals surface area contributed by atoms with Crippen molar-refractivity contribution >= 4 is 35.8 Å². The summed E-state index contributed by atoms with van der Waals surface area (Å²) in [5.74, 6) is 0.0948. The van der Waals surface area contributed by atoms with E-state index in [1.807, 2.05) is 0 Å². The number of ether oxygens (including phenoxy) is 1. The van der Waals surface area contributed by atoms with Crippen LogP contribution in [0.5, 0.6) is 5.75 Å². The second-order valence-electron chi connectivity index (χ2n) is 6.75. The SMILES string of the molecule is CCOc1ccc(NS(=O)(=O)c2ccc(S(=O)(=O)N(C)C)cc2)cc1S(=O)(=O)N(C)C. The molecular formula is C18H25N3O7S3. The summed E-state index contributed by atoms with van der Waals surface area (Å²) in [7, 11) is -6.28. The van der Waals surface area contributed by atoms with E-state index in [4.69, 9.17) is 4.74 Å². The van der Waals surface area contributed by atoms with Crippen molar-refractivity contribution in [3.63, 3.8) is 0 Å². The van der Waals surface area contributed by atoms with Crippen LogP contribution in [0.25, 0.3) is 0 Å². The van der Waals surface area contributed by atoms with Gasteiger partial charge in [0.2, 0.25) is 20.0 Å². The van der Waals surface area contributed by atoms with E-state index < -0.39 is 30.1 Å². The first-order chi connectivity index (χ1) is 14.2. The van der Waals surface area contributed by atoms with Crippen molar-refractivity contribution in [1.82, 2.24) is 8.61 Å². The lowest BCUT2D eigenvalue weighted by Gasteiger charge is -2.17. The maximum atomic E-state index is 12.7. The lowest BCUT2D eigenvalue weighted by Crippen LogP contribution is -2.23. The predicted octanol–water partition coefficient (Wildman–Crippen LogP) is 1.39. The number of nitrogens with one attached hydrogen (secondary N) is 1. The molecule has 2 aromatic carbocycles. The van der Waals surface area contributed by atoms with Crippen LogP contribution in [0.3, 0.4) is 0 Å². The van der Waals surface area contributed by atoms with Gasteiger partial charge in [-0.25, -0.2) is 33.9 Å². The third-order valence-corrected chi connectivity index (χ3v) is 9.23. The zero-order valence-electron chi connectivity index (χ0n) is 17.7. The fourth-order valence-electron chi connectivity index (χ4n) is 2.46. The van der Waals surface area contributed by atoms with Crippen LogP contribution in [0.2, 0.25) is 0 Å². The van der Waals surface area contributed by atoms with Crippen molar-refractivity contribution < 1.29 is 30.0 Å². The number of nitrogens with zero attached hydrogens (tertiary/aromatic N) is 2. The summed E-state index contributed by atoms with van der Waals surface area (Å²) in [4.78, 5) is -0.431. The molecule has 0 saturated carbocycles. The Bertz CT molecular complexity index is 1250.